The van der Waals surface area contributed by atoms with Gasteiger partial charge in [-0.3, -0.25) is 4.79 Å². The van der Waals surface area contributed by atoms with Gasteiger partial charge in [0.15, 0.2) is 0 Å². The van der Waals surface area contributed by atoms with Crippen molar-refractivity contribution in [3.8, 4) is 0 Å². The lowest BCUT2D eigenvalue weighted by atomic mass is 9.82. The Morgan fingerprint density at radius 1 is 1.50 bits per heavy atom. The predicted octanol–water partition coefficient (Wildman–Crippen LogP) is 3.40. The van der Waals surface area contributed by atoms with Crippen molar-refractivity contribution in [3.05, 3.63) is 35.4 Å². The molecule has 0 aromatic heterocycles. The van der Waals surface area contributed by atoms with Crippen molar-refractivity contribution in [1.29, 1.82) is 0 Å². The summed E-state index contributed by atoms with van der Waals surface area (Å²) >= 11 is 3.50. The summed E-state index contributed by atoms with van der Waals surface area (Å²) in [4.78, 5) is 12.7. The van der Waals surface area contributed by atoms with E-state index in [9.17, 15) is 4.79 Å². The number of halogens is 1. The first kappa shape index (κ1) is 13.6. The number of nitrogens with one attached hydrogen (secondary N) is 1. The molecule has 1 N–H and O–H groups in total. The topological polar surface area (TPSA) is 29.1 Å². The first-order valence-electron chi connectivity index (χ1n) is 6.68. The van der Waals surface area contributed by atoms with Gasteiger partial charge in [-0.25, -0.2) is 0 Å². The zero-order valence-electron chi connectivity index (χ0n) is 10.8. The summed E-state index contributed by atoms with van der Waals surface area (Å²) in [5.41, 5.74) is 2.57. The summed E-state index contributed by atoms with van der Waals surface area (Å²) in [7, 11) is 0. The van der Waals surface area contributed by atoms with Crippen LogP contribution in [0.25, 0.3) is 0 Å². The highest BCUT2D eigenvalue weighted by atomic mass is 79.9. The van der Waals surface area contributed by atoms with Crippen molar-refractivity contribution in [2.75, 3.05) is 6.54 Å². The zero-order chi connectivity index (χ0) is 13.0. The van der Waals surface area contributed by atoms with E-state index < -0.39 is 0 Å². The molecule has 0 heterocycles. The summed E-state index contributed by atoms with van der Waals surface area (Å²) in [6, 6.07) is 8.35. The van der Waals surface area contributed by atoms with Crippen molar-refractivity contribution >= 4 is 21.8 Å². The number of hydrogen-bond donors (Lipinski definition) is 1. The average Bonchev–Trinajstić information content (AvgIpc) is 2.37. The van der Waals surface area contributed by atoms with E-state index in [1.165, 1.54) is 11.1 Å². The van der Waals surface area contributed by atoms with Crippen LogP contribution in [0.5, 0.6) is 0 Å². The Morgan fingerprint density at radius 2 is 2.28 bits per heavy atom. The number of hydrogen-bond acceptors (Lipinski definition) is 1. The number of aryl methyl sites for hydroxylation is 1. The van der Waals surface area contributed by atoms with Gasteiger partial charge in [-0.05, 0) is 36.8 Å². The van der Waals surface area contributed by atoms with E-state index in [-0.39, 0.29) is 11.8 Å². The lowest BCUT2D eigenvalue weighted by Crippen LogP contribution is -2.32. The fraction of sp³-hybridized carbons (Fsp3) is 0.533. The number of carbonyl (C=O) groups is 1. The van der Waals surface area contributed by atoms with E-state index in [1.807, 2.05) is 6.07 Å². The van der Waals surface area contributed by atoms with E-state index in [0.717, 1.165) is 32.2 Å². The molecule has 3 heteroatoms. The van der Waals surface area contributed by atoms with Gasteiger partial charge in [0.1, 0.15) is 0 Å². The quantitative estimate of drug-likeness (QED) is 0.849. The molecule has 1 aromatic carbocycles. The van der Waals surface area contributed by atoms with Gasteiger partial charge in [-0.1, -0.05) is 47.1 Å². The van der Waals surface area contributed by atoms with Crippen LogP contribution in [-0.2, 0) is 11.2 Å². The maximum Gasteiger partial charge on any atom is 0.227 e. The molecule has 98 valence electrons. The van der Waals surface area contributed by atoms with Crippen LogP contribution in [-0.4, -0.2) is 17.3 Å². The van der Waals surface area contributed by atoms with Crippen molar-refractivity contribution in [3.63, 3.8) is 0 Å². The first-order valence-corrected chi connectivity index (χ1v) is 7.59. The van der Waals surface area contributed by atoms with Crippen LogP contribution in [0.2, 0.25) is 0 Å². The molecule has 18 heavy (non-hydrogen) atoms. The van der Waals surface area contributed by atoms with Crippen LogP contribution in [0.3, 0.4) is 0 Å². The van der Waals surface area contributed by atoms with E-state index in [0.29, 0.717) is 4.83 Å². The van der Waals surface area contributed by atoms with Crippen molar-refractivity contribution in [2.24, 2.45) is 0 Å². The summed E-state index contributed by atoms with van der Waals surface area (Å²) < 4.78 is 0. The van der Waals surface area contributed by atoms with E-state index in [2.05, 4.69) is 46.4 Å². The van der Waals surface area contributed by atoms with Crippen LogP contribution >= 0.6 is 15.9 Å². The SMILES string of the molecule is CC(Br)CCNC(=O)C1CCCc2ccccc21. The third kappa shape index (κ3) is 3.35. The van der Waals surface area contributed by atoms with Crippen LogP contribution in [0.4, 0.5) is 0 Å². The Kier molecular flexibility index (Phi) is 4.81. The molecule has 1 aliphatic carbocycles. The minimum Gasteiger partial charge on any atom is -0.356 e. The van der Waals surface area contributed by atoms with Gasteiger partial charge in [0, 0.05) is 11.4 Å². The highest BCUT2D eigenvalue weighted by Crippen LogP contribution is 2.31. The fourth-order valence-corrected chi connectivity index (χ4v) is 2.77. The Balaban J connectivity index is 1.99. The molecular weight excluding hydrogens is 290 g/mol. The summed E-state index contributed by atoms with van der Waals surface area (Å²) in [5.74, 6) is 0.246. The van der Waals surface area contributed by atoms with Gasteiger partial charge in [-0.2, -0.15) is 0 Å². The van der Waals surface area contributed by atoms with Crippen molar-refractivity contribution in [2.45, 2.75) is 43.4 Å². The maximum atomic E-state index is 12.2. The van der Waals surface area contributed by atoms with Crippen LogP contribution in [0.1, 0.15) is 43.2 Å². The third-order valence-electron chi connectivity index (χ3n) is 3.53. The van der Waals surface area contributed by atoms with E-state index in [1.54, 1.807) is 0 Å². The number of amides is 1. The molecule has 0 fully saturated rings. The summed E-state index contributed by atoms with van der Waals surface area (Å²) in [6.45, 7) is 2.85. The monoisotopic (exact) mass is 309 g/mol. The minimum absolute atomic E-state index is 0.0561. The normalized spacial score (nSPS) is 20.0. The molecule has 0 aliphatic heterocycles. The Labute approximate surface area is 117 Å². The lowest BCUT2D eigenvalue weighted by molar-refractivity contribution is -0.122. The van der Waals surface area contributed by atoms with Gasteiger partial charge in [0.05, 0.1) is 5.92 Å². The van der Waals surface area contributed by atoms with Crippen LogP contribution < -0.4 is 5.32 Å². The molecular formula is C15H20BrNO. The molecule has 1 amide bonds. The van der Waals surface area contributed by atoms with E-state index in [4.69, 9.17) is 0 Å². The highest BCUT2D eigenvalue weighted by Gasteiger charge is 2.25. The number of carbonyl (C=O) groups excluding carboxylic acids is 1. The Hall–Kier alpha value is -0.830. The van der Waals surface area contributed by atoms with Crippen molar-refractivity contribution < 1.29 is 4.79 Å². The molecule has 2 atom stereocenters. The van der Waals surface area contributed by atoms with Gasteiger partial charge in [0.25, 0.3) is 0 Å². The van der Waals surface area contributed by atoms with Crippen molar-refractivity contribution in [1.82, 2.24) is 5.32 Å². The number of rotatable bonds is 4. The third-order valence-corrected chi connectivity index (χ3v) is 3.99. The second-order valence-electron chi connectivity index (χ2n) is 5.00. The molecule has 2 nitrogen and oxygen atoms in total. The fourth-order valence-electron chi connectivity index (χ4n) is 2.54. The second kappa shape index (κ2) is 6.37. The maximum absolute atomic E-state index is 12.2. The molecule has 0 spiro atoms. The number of fused-ring (bicyclic) bond motifs is 1. The number of benzene rings is 1. The molecule has 2 unspecified atom stereocenters. The summed E-state index contributed by atoms with van der Waals surface area (Å²) in [5, 5.41) is 3.06. The number of alkyl halides is 1. The van der Waals surface area contributed by atoms with Gasteiger partial charge in [0.2, 0.25) is 5.91 Å². The zero-order valence-corrected chi connectivity index (χ0v) is 12.4. The molecule has 1 aliphatic rings. The average molecular weight is 310 g/mol. The standard InChI is InChI=1S/C15H20BrNO/c1-11(16)9-10-17-15(18)14-8-4-6-12-5-2-3-7-13(12)14/h2-3,5,7,11,14H,4,6,8-10H2,1H3,(H,17,18). The van der Waals surface area contributed by atoms with Crippen LogP contribution in [0.15, 0.2) is 24.3 Å². The minimum atomic E-state index is 0.0561. The Bertz CT molecular complexity index is 417. The molecule has 0 saturated heterocycles. The van der Waals surface area contributed by atoms with Gasteiger partial charge < -0.3 is 5.32 Å². The summed E-state index contributed by atoms with van der Waals surface area (Å²) in [6.07, 6.45) is 4.18. The second-order valence-corrected chi connectivity index (χ2v) is 6.57. The molecule has 0 radical (unpaired) electrons. The van der Waals surface area contributed by atoms with Gasteiger partial charge >= 0.3 is 0 Å². The highest BCUT2D eigenvalue weighted by molar-refractivity contribution is 9.09. The molecule has 1 aromatic rings. The lowest BCUT2D eigenvalue weighted by Gasteiger charge is -2.24. The Morgan fingerprint density at radius 3 is 3.06 bits per heavy atom. The molecule has 2 rings (SSSR count). The van der Waals surface area contributed by atoms with E-state index >= 15 is 0 Å². The predicted molar refractivity (Wildman–Crippen MR) is 78.1 cm³/mol. The first-order chi connectivity index (χ1) is 8.68. The van der Waals surface area contributed by atoms with Crippen LogP contribution in [0, 0.1) is 0 Å². The molecule has 0 saturated carbocycles. The smallest absolute Gasteiger partial charge is 0.227 e. The largest absolute Gasteiger partial charge is 0.356 e. The molecule has 0 bridgehead atoms. The van der Waals surface area contributed by atoms with Gasteiger partial charge in [-0.15, -0.1) is 0 Å².